The van der Waals surface area contributed by atoms with Crippen molar-refractivity contribution in [2.75, 3.05) is 4.90 Å². The number of nitrogens with zero attached hydrogens (tertiary/aromatic N) is 2. The van der Waals surface area contributed by atoms with Crippen molar-refractivity contribution in [3.63, 3.8) is 0 Å². The number of hydrogen-bond acceptors (Lipinski definition) is 3. The molecule has 0 aliphatic carbocycles. The van der Waals surface area contributed by atoms with Crippen LogP contribution in [0.2, 0.25) is 0 Å². The Hall–Kier alpha value is -5.25. The van der Waals surface area contributed by atoms with Gasteiger partial charge in [-0.05, 0) is 81.6 Å². The zero-order valence-corrected chi connectivity index (χ0v) is 23.6. The largest absolute Gasteiger partial charge is 0.295 e. The summed E-state index contributed by atoms with van der Waals surface area (Å²) in [4.78, 5) is 8.56. The fourth-order valence-corrected chi connectivity index (χ4v) is 6.84. The first-order valence-corrected chi connectivity index (χ1v) is 14.9. The van der Waals surface area contributed by atoms with Gasteiger partial charge in [0.15, 0.2) is 0 Å². The fourth-order valence-electron chi connectivity index (χ4n) is 5.74. The van der Waals surface area contributed by atoms with E-state index in [0.29, 0.717) is 0 Å². The van der Waals surface area contributed by atoms with E-state index in [1.165, 1.54) is 48.5 Å². The SMILES string of the molecule is c1ccc(-c2ccc(N(c3ccc(-c4ccccc4)cc3)c3ccc4c(n3)sc3cc5ccccc5cc34)cc2)cc1. The van der Waals surface area contributed by atoms with Crippen molar-refractivity contribution in [1.82, 2.24) is 4.98 Å². The molecule has 2 heterocycles. The fraction of sp³-hybridized carbons (Fsp3) is 0. The smallest absolute Gasteiger partial charge is 0.139 e. The summed E-state index contributed by atoms with van der Waals surface area (Å²) in [5.74, 6) is 0.901. The van der Waals surface area contributed by atoms with E-state index < -0.39 is 0 Å². The molecule has 8 rings (SSSR count). The summed E-state index contributed by atoms with van der Waals surface area (Å²) >= 11 is 1.76. The molecule has 2 aromatic heterocycles. The Morgan fingerprint density at radius 1 is 0.429 bits per heavy atom. The summed E-state index contributed by atoms with van der Waals surface area (Å²) in [7, 11) is 0. The average Bonchev–Trinajstić information content (AvgIpc) is 3.42. The number of pyridine rings is 1. The van der Waals surface area contributed by atoms with Crippen LogP contribution in [0.25, 0.3) is 53.3 Å². The van der Waals surface area contributed by atoms with Crippen LogP contribution < -0.4 is 4.90 Å². The maximum atomic E-state index is 5.26. The van der Waals surface area contributed by atoms with Gasteiger partial charge in [-0.1, -0.05) is 109 Å². The number of aromatic nitrogens is 1. The van der Waals surface area contributed by atoms with Crippen LogP contribution in [0.5, 0.6) is 0 Å². The predicted octanol–water partition coefficient (Wildman–Crippen LogP) is 11.4. The van der Waals surface area contributed by atoms with Gasteiger partial charge in [0.05, 0.1) is 0 Å². The molecule has 3 heteroatoms. The highest BCUT2D eigenvalue weighted by Gasteiger charge is 2.17. The van der Waals surface area contributed by atoms with E-state index in [2.05, 4.69) is 163 Å². The molecule has 8 aromatic rings. The third-order valence-electron chi connectivity index (χ3n) is 7.88. The Labute approximate surface area is 248 Å². The minimum absolute atomic E-state index is 0.901. The lowest BCUT2D eigenvalue weighted by Gasteiger charge is -2.25. The van der Waals surface area contributed by atoms with Gasteiger partial charge in [-0.3, -0.25) is 4.90 Å². The number of fused-ring (bicyclic) bond motifs is 4. The summed E-state index contributed by atoms with van der Waals surface area (Å²) in [6.45, 7) is 0. The highest BCUT2D eigenvalue weighted by molar-refractivity contribution is 7.25. The zero-order chi connectivity index (χ0) is 27.9. The summed E-state index contributed by atoms with van der Waals surface area (Å²) in [5, 5.41) is 4.98. The Kier molecular flexibility index (Phi) is 6.02. The standard InChI is InChI=1S/C39H26N2S/c1-3-9-27(10-4-1)29-15-19-33(20-16-29)41(34-21-17-30(18-22-34)28-11-5-2-6-12-28)38-24-23-35-36-25-31-13-7-8-14-32(31)26-37(36)42-39(35)40-38/h1-26H. The van der Waals surface area contributed by atoms with Crippen molar-refractivity contribution in [3.8, 4) is 22.3 Å². The molecule has 0 fully saturated rings. The Balaban J connectivity index is 1.25. The van der Waals surface area contributed by atoms with Gasteiger partial charge in [0.25, 0.3) is 0 Å². The van der Waals surface area contributed by atoms with Gasteiger partial charge in [0, 0.05) is 26.8 Å². The summed E-state index contributed by atoms with van der Waals surface area (Å²) in [6.07, 6.45) is 0. The molecule has 198 valence electrons. The zero-order valence-electron chi connectivity index (χ0n) is 22.8. The number of benzene rings is 6. The van der Waals surface area contributed by atoms with Crippen molar-refractivity contribution in [2.45, 2.75) is 0 Å². The molecule has 42 heavy (non-hydrogen) atoms. The average molecular weight is 555 g/mol. The van der Waals surface area contributed by atoms with E-state index in [4.69, 9.17) is 4.98 Å². The van der Waals surface area contributed by atoms with Crippen LogP contribution in [-0.2, 0) is 0 Å². The topological polar surface area (TPSA) is 16.1 Å². The number of thiophene rings is 1. The first-order chi connectivity index (χ1) is 20.8. The molecule has 0 N–H and O–H groups in total. The van der Waals surface area contributed by atoms with Crippen molar-refractivity contribution < 1.29 is 0 Å². The molecular weight excluding hydrogens is 529 g/mol. The molecule has 0 amide bonds. The number of hydrogen-bond donors (Lipinski definition) is 0. The summed E-state index contributed by atoms with van der Waals surface area (Å²) in [6, 6.07) is 56.1. The van der Waals surface area contributed by atoms with Gasteiger partial charge in [0.1, 0.15) is 10.6 Å². The van der Waals surface area contributed by atoms with E-state index in [1.54, 1.807) is 11.3 Å². The molecule has 0 atom stereocenters. The van der Waals surface area contributed by atoms with E-state index in [1.807, 2.05) is 0 Å². The lowest BCUT2D eigenvalue weighted by molar-refractivity contribution is 1.21. The van der Waals surface area contributed by atoms with Crippen molar-refractivity contribution in [2.24, 2.45) is 0 Å². The molecule has 0 bridgehead atoms. The molecule has 0 aliphatic rings. The lowest BCUT2D eigenvalue weighted by atomic mass is 10.0. The Morgan fingerprint density at radius 2 is 0.929 bits per heavy atom. The molecular formula is C39H26N2S. The van der Waals surface area contributed by atoms with E-state index >= 15 is 0 Å². The van der Waals surface area contributed by atoms with Crippen LogP contribution in [0.15, 0.2) is 158 Å². The molecule has 0 saturated heterocycles. The van der Waals surface area contributed by atoms with Crippen LogP contribution in [0.4, 0.5) is 17.2 Å². The van der Waals surface area contributed by atoms with Gasteiger partial charge in [-0.25, -0.2) is 4.98 Å². The molecule has 0 aliphatic heterocycles. The quantitative estimate of drug-likeness (QED) is 0.210. The van der Waals surface area contributed by atoms with E-state index in [9.17, 15) is 0 Å². The van der Waals surface area contributed by atoms with Crippen LogP contribution in [0.3, 0.4) is 0 Å². The van der Waals surface area contributed by atoms with Crippen LogP contribution in [-0.4, -0.2) is 4.98 Å². The molecule has 0 spiro atoms. The normalized spacial score (nSPS) is 11.3. The van der Waals surface area contributed by atoms with Gasteiger partial charge in [-0.2, -0.15) is 0 Å². The molecule has 0 radical (unpaired) electrons. The second-order valence-corrected chi connectivity index (χ2v) is 11.5. The predicted molar refractivity (Wildman–Crippen MR) is 180 cm³/mol. The maximum Gasteiger partial charge on any atom is 0.139 e. The highest BCUT2D eigenvalue weighted by atomic mass is 32.1. The Morgan fingerprint density at radius 3 is 1.50 bits per heavy atom. The highest BCUT2D eigenvalue weighted by Crippen LogP contribution is 2.40. The second kappa shape index (κ2) is 10.3. The first-order valence-electron chi connectivity index (χ1n) is 14.1. The third kappa shape index (κ3) is 4.41. The lowest BCUT2D eigenvalue weighted by Crippen LogP contribution is -2.11. The molecule has 6 aromatic carbocycles. The van der Waals surface area contributed by atoms with Crippen molar-refractivity contribution >= 4 is 59.6 Å². The minimum Gasteiger partial charge on any atom is -0.295 e. The van der Waals surface area contributed by atoms with Gasteiger partial charge >= 0.3 is 0 Å². The number of anilines is 3. The third-order valence-corrected chi connectivity index (χ3v) is 8.95. The van der Waals surface area contributed by atoms with Crippen molar-refractivity contribution in [3.05, 3.63) is 158 Å². The number of rotatable bonds is 5. The van der Waals surface area contributed by atoms with E-state index in [0.717, 1.165) is 22.0 Å². The molecule has 2 nitrogen and oxygen atoms in total. The minimum atomic E-state index is 0.901. The van der Waals surface area contributed by atoms with Gasteiger partial charge in [-0.15, -0.1) is 11.3 Å². The van der Waals surface area contributed by atoms with Crippen LogP contribution in [0, 0.1) is 0 Å². The molecule has 0 unspecified atom stereocenters. The van der Waals surface area contributed by atoms with E-state index in [-0.39, 0.29) is 0 Å². The van der Waals surface area contributed by atoms with Crippen molar-refractivity contribution in [1.29, 1.82) is 0 Å². The first kappa shape index (κ1) is 24.5. The monoisotopic (exact) mass is 554 g/mol. The van der Waals surface area contributed by atoms with Crippen LogP contribution >= 0.6 is 11.3 Å². The van der Waals surface area contributed by atoms with Gasteiger partial charge in [0.2, 0.25) is 0 Å². The van der Waals surface area contributed by atoms with Crippen LogP contribution in [0.1, 0.15) is 0 Å². The second-order valence-electron chi connectivity index (χ2n) is 10.5. The Bertz CT molecular complexity index is 2080. The van der Waals surface area contributed by atoms with Gasteiger partial charge < -0.3 is 0 Å². The maximum absolute atomic E-state index is 5.26. The summed E-state index contributed by atoms with van der Waals surface area (Å²) in [5.41, 5.74) is 6.94. The summed E-state index contributed by atoms with van der Waals surface area (Å²) < 4.78 is 1.26. The molecule has 0 saturated carbocycles.